The van der Waals surface area contributed by atoms with E-state index in [0.29, 0.717) is 13.1 Å². The van der Waals surface area contributed by atoms with Crippen molar-refractivity contribution in [3.63, 3.8) is 0 Å². The monoisotopic (exact) mass is 325 g/mol. The van der Waals surface area contributed by atoms with Crippen LogP contribution in [0.2, 0.25) is 0 Å². The van der Waals surface area contributed by atoms with Gasteiger partial charge in [-0.3, -0.25) is 4.79 Å². The molecule has 1 aromatic heterocycles. The van der Waals surface area contributed by atoms with E-state index in [1.165, 1.54) is 0 Å². The van der Waals surface area contributed by atoms with Crippen LogP contribution in [0.15, 0.2) is 42.6 Å². The summed E-state index contributed by atoms with van der Waals surface area (Å²) >= 11 is 0. The first kappa shape index (κ1) is 16.4. The lowest BCUT2D eigenvalue weighted by molar-refractivity contribution is -0.124. The molecule has 0 bridgehead atoms. The molecule has 2 N–H and O–H groups in total. The van der Waals surface area contributed by atoms with Crippen molar-refractivity contribution in [2.75, 3.05) is 7.05 Å². The highest BCUT2D eigenvalue weighted by atomic mass is 16.1. The van der Waals surface area contributed by atoms with Gasteiger partial charge in [-0.05, 0) is 44.0 Å². The highest BCUT2D eigenvalue weighted by Gasteiger charge is 2.16. The van der Waals surface area contributed by atoms with Gasteiger partial charge in [0.25, 0.3) is 0 Å². The molecule has 0 aliphatic heterocycles. The van der Waals surface area contributed by atoms with Gasteiger partial charge in [-0.25, -0.2) is 4.68 Å². The number of carbonyl (C=O) groups excluding carboxylic acids is 1. The molecule has 0 fully saturated rings. The summed E-state index contributed by atoms with van der Waals surface area (Å²) in [7, 11) is 1.88. The zero-order valence-electron chi connectivity index (χ0n) is 13.9. The first-order valence-electron chi connectivity index (χ1n) is 8.36. The molecule has 1 atom stereocenters. The van der Waals surface area contributed by atoms with Crippen LogP contribution in [-0.2, 0) is 17.9 Å². The van der Waals surface area contributed by atoms with Crippen LogP contribution >= 0.6 is 0 Å². The predicted octanol–water partition coefficient (Wildman–Crippen LogP) is 1.96. The highest BCUT2D eigenvalue weighted by molar-refractivity contribution is 5.80. The number of allylic oxidation sites excluding steroid dienone is 1. The van der Waals surface area contributed by atoms with Crippen molar-refractivity contribution in [3.8, 4) is 5.69 Å². The fourth-order valence-electron chi connectivity index (χ4n) is 2.85. The summed E-state index contributed by atoms with van der Waals surface area (Å²) in [4.78, 5) is 12.2. The smallest absolute Gasteiger partial charge is 0.227 e. The second-order valence-electron chi connectivity index (χ2n) is 6.04. The molecular formula is C18H23N5O. The Morgan fingerprint density at radius 3 is 3.08 bits per heavy atom. The van der Waals surface area contributed by atoms with E-state index in [1.807, 2.05) is 43.6 Å². The van der Waals surface area contributed by atoms with Crippen molar-refractivity contribution in [2.45, 2.75) is 32.4 Å². The van der Waals surface area contributed by atoms with Gasteiger partial charge in [0.1, 0.15) is 0 Å². The van der Waals surface area contributed by atoms with Crippen LogP contribution in [0, 0.1) is 5.92 Å². The molecule has 6 heteroatoms. The largest absolute Gasteiger partial charge is 0.352 e. The Morgan fingerprint density at radius 2 is 2.29 bits per heavy atom. The lowest BCUT2D eigenvalue weighted by atomic mass is 9.95. The molecule has 2 aromatic rings. The first-order chi connectivity index (χ1) is 11.8. The molecule has 3 rings (SSSR count). The minimum Gasteiger partial charge on any atom is -0.352 e. The number of amides is 1. The Balaban J connectivity index is 1.63. The number of rotatable bonds is 6. The molecule has 1 aromatic carbocycles. The summed E-state index contributed by atoms with van der Waals surface area (Å²) in [5, 5.41) is 14.3. The average Bonchev–Trinajstić information content (AvgIpc) is 3.10. The van der Waals surface area contributed by atoms with Crippen molar-refractivity contribution in [1.82, 2.24) is 25.6 Å². The van der Waals surface area contributed by atoms with Gasteiger partial charge in [0.15, 0.2) is 0 Å². The maximum atomic E-state index is 12.2. The number of nitrogens with one attached hydrogen (secondary N) is 2. The number of nitrogens with zero attached hydrogens (tertiary/aromatic N) is 3. The van der Waals surface area contributed by atoms with Crippen molar-refractivity contribution < 1.29 is 4.79 Å². The standard InChI is InChI=1S/C18H23N5O/c1-19-12-16-13-23(22-21-16)17-9-5-6-14(10-17)11-20-18(24)15-7-3-2-4-8-15/h3,5-7,9-10,13,15,19H,2,4,8,11-12H2,1H3,(H,20,24). The molecule has 0 radical (unpaired) electrons. The van der Waals surface area contributed by atoms with Crippen molar-refractivity contribution in [1.29, 1.82) is 0 Å². The van der Waals surface area contributed by atoms with Gasteiger partial charge in [0.05, 0.1) is 23.5 Å². The fraction of sp³-hybridized carbons (Fsp3) is 0.389. The summed E-state index contributed by atoms with van der Waals surface area (Å²) in [6.45, 7) is 1.21. The molecule has 1 heterocycles. The summed E-state index contributed by atoms with van der Waals surface area (Å²) < 4.78 is 1.75. The number of carbonyl (C=O) groups is 1. The molecule has 1 amide bonds. The Labute approximate surface area is 141 Å². The third-order valence-electron chi connectivity index (χ3n) is 4.13. The van der Waals surface area contributed by atoms with Crippen LogP contribution < -0.4 is 10.6 Å². The van der Waals surface area contributed by atoms with E-state index in [9.17, 15) is 4.79 Å². The van der Waals surface area contributed by atoms with Gasteiger partial charge < -0.3 is 10.6 Å². The number of aromatic nitrogens is 3. The van der Waals surface area contributed by atoms with E-state index in [1.54, 1.807) is 4.68 Å². The minimum atomic E-state index is 0.0151. The molecule has 0 spiro atoms. The SMILES string of the molecule is CNCc1cn(-c2cccc(CNC(=O)C3C=CCCC3)c2)nn1. The van der Waals surface area contributed by atoms with Gasteiger partial charge >= 0.3 is 0 Å². The minimum absolute atomic E-state index is 0.0151. The molecule has 1 aliphatic carbocycles. The maximum Gasteiger partial charge on any atom is 0.227 e. The lowest BCUT2D eigenvalue weighted by Gasteiger charge is -2.16. The lowest BCUT2D eigenvalue weighted by Crippen LogP contribution is -2.30. The molecule has 0 saturated carbocycles. The molecular weight excluding hydrogens is 302 g/mol. The quantitative estimate of drug-likeness (QED) is 0.797. The van der Waals surface area contributed by atoms with Gasteiger partial charge in [-0.2, -0.15) is 0 Å². The molecule has 6 nitrogen and oxygen atoms in total. The summed E-state index contributed by atoms with van der Waals surface area (Å²) in [5.41, 5.74) is 2.88. The Bertz CT molecular complexity index is 722. The van der Waals surface area contributed by atoms with Gasteiger partial charge in [0, 0.05) is 13.1 Å². The molecule has 24 heavy (non-hydrogen) atoms. The van der Waals surface area contributed by atoms with Gasteiger partial charge in [0.2, 0.25) is 5.91 Å². The van der Waals surface area contributed by atoms with Crippen LogP contribution in [0.1, 0.15) is 30.5 Å². The number of benzene rings is 1. The molecule has 1 unspecified atom stereocenters. The number of hydrogen-bond donors (Lipinski definition) is 2. The van der Waals surface area contributed by atoms with E-state index >= 15 is 0 Å². The van der Waals surface area contributed by atoms with E-state index in [2.05, 4.69) is 27.0 Å². The van der Waals surface area contributed by atoms with Crippen molar-refractivity contribution in [3.05, 3.63) is 53.9 Å². The van der Waals surface area contributed by atoms with Crippen LogP contribution in [0.25, 0.3) is 5.69 Å². The van der Waals surface area contributed by atoms with Crippen LogP contribution in [0.3, 0.4) is 0 Å². The maximum absolute atomic E-state index is 12.2. The summed E-state index contributed by atoms with van der Waals surface area (Å²) in [6.07, 6.45) is 9.14. The van der Waals surface area contributed by atoms with E-state index < -0.39 is 0 Å². The third kappa shape index (κ3) is 4.08. The highest BCUT2D eigenvalue weighted by Crippen LogP contribution is 2.17. The normalized spacial score (nSPS) is 17.0. The zero-order valence-corrected chi connectivity index (χ0v) is 13.9. The molecule has 1 aliphatic rings. The molecule has 0 saturated heterocycles. The second-order valence-corrected chi connectivity index (χ2v) is 6.04. The van der Waals surface area contributed by atoms with Crippen LogP contribution in [0.5, 0.6) is 0 Å². The van der Waals surface area contributed by atoms with Gasteiger partial charge in [-0.1, -0.05) is 29.5 Å². The zero-order chi connectivity index (χ0) is 16.8. The second kappa shape index (κ2) is 7.88. The Morgan fingerprint density at radius 1 is 1.38 bits per heavy atom. The van der Waals surface area contributed by atoms with Crippen LogP contribution in [0.4, 0.5) is 0 Å². The van der Waals surface area contributed by atoms with E-state index in [4.69, 9.17) is 0 Å². The third-order valence-corrected chi connectivity index (χ3v) is 4.13. The summed E-state index contributed by atoms with van der Waals surface area (Å²) in [5.74, 6) is 0.120. The predicted molar refractivity (Wildman–Crippen MR) is 92.5 cm³/mol. The first-order valence-corrected chi connectivity index (χ1v) is 8.36. The molecule has 126 valence electrons. The van der Waals surface area contributed by atoms with E-state index in [0.717, 1.165) is 36.2 Å². The topological polar surface area (TPSA) is 71.8 Å². The summed E-state index contributed by atoms with van der Waals surface area (Å²) in [6, 6.07) is 7.98. The fourth-order valence-corrected chi connectivity index (χ4v) is 2.85. The van der Waals surface area contributed by atoms with Crippen molar-refractivity contribution in [2.24, 2.45) is 5.92 Å². The van der Waals surface area contributed by atoms with Gasteiger partial charge in [-0.15, -0.1) is 5.10 Å². The van der Waals surface area contributed by atoms with E-state index in [-0.39, 0.29) is 11.8 Å². The average molecular weight is 325 g/mol. The Hall–Kier alpha value is -2.47. The number of hydrogen-bond acceptors (Lipinski definition) is 4. The Kier molecular flexibility index (Phi) is 5.38. The van der Waals surface area contributed by atoms with Crippen LogP contribution in [-0.4, -0.2) is 27.9 Å². The van der Waals surface area contributed by atoms with Crippen molar-refractivity contribution >= 4 is 5.91 Å².